The van der Waals surface area contributed by atoms with E-state index in [1.165, 1.54) is 36.1 Å². The largest absolute Gasteiger partial charge is 0.304 e. The third-order valence-corrected chi connectivity index (χ3v) is 3.54. The lowest BCUT2D eigenvalue weighted by Crippen LogP contribution is -2.43. The van der Waals surface area contributed by atoms with Gasteiger partial charge in [-0.2, -0.15) is 0 Å². The number of hydrogen-bond donors (Lipinski definition) is 0. The summed E-state index contributed by atoms with van der Waals surface area (Å²) < 4.78 is 0. The highest BCUT2D eigenvalue weighted by molar-refractivity contribution is 7.11. The maximum Gasteiger partial charge on any atom is 0.0897 e. The van der Waals surface area contributed by atoms with Gasteiger partial charge in [0, 0.05) is 43.8 Å². The fourth-order valence-corrected chi connectivity index (χ4v) is 2.54. The zero-order valence-electron chi connectivity index (χ0n) is 8.86. The van der Waals surface area contributed by atoms with Crippen molar-refractivity contribution in [3.8, 4) is 0 Å². The lowest BCUT2D eigenvalue weighted by atomic mass is 10.3. The third kappa shape index (κ3) is 2.53. The van der Waals surface area contributed by atoms with Crippen LogP contribution in [0.4, 0.5) is 0 Å². The van der Waals surface area contributed by atoms with E-state index in [-0.39, 0.29) is 0 Å². The van der Waals surface area contributed by atoms with Crippen LogP contribution in [0.25, 0.3) is 0 Å². The summed E-state index contributed by atoms with van der Waals surface area (Å²) in [6.45, 7) is 7.91. The number of thiazole rings is 1. The summed E-state index contributed by atoms with van der Waals surface area (Å²) in [4.78, 5) is 10.6. The van der Waals surface area contributed by atoms with Crippen molar-refractivity contribution in [2.75, 3.05) is 33.2 Å². The molecule has 0 saturated carbocycles. The van der Waals surface area contributed by atoms with Crippen molar-refractivity contribution in [1.82, 2.24) is 14.8 Å². The van der Waals surface area contributed by atoms with Crippen LogP contribution < -0.4 is 0 Å². The highest BCUT2D eigenvalue weighted by atomic mass is 32.1. The normalized spacial score (nSPS) is 20.1. The van der Waals surface area contributed by atoms with E-state index in [4.69, 9.17) is 0 Å². The van der Waals surface area contributed by atoms with E-state index in [9.17, 15) is 0 Å². The summed E-state index contributed by atoms with van der Waals surface area (Å²) in [6.07, 6.45) is 2.01. The van der Waals surface area contributed by atoms with E-state index in [0.717, 1.165) is 6.54 Å². The molecule has 0 spiro atoms. The van der Waals surface area contributed by atoms with Crippen LogP contribution in [0, 0.1) is 6.92 Å². The van der Waals surface area contributed by atoms with Crippen LogP contribution in [0.2, 0.25) is 0 Å². The number of aromatic nitrogens is 1. The van der Waals surface area contributed by atoms with Crippen LogP contribution in [-0.2, 0) is 6.54 Å². The topological polar surface area (TPSA) is 19.4 Å². The van der Waals surface area contributed by atoms with E-state index < -0.39 is 0 Å². The summed E-state index contributed by atoms with van der Waals surface area (Å²) in [7, 11) is 2.19. The number of likely N-dealkylation sites (N-methyl/N-ethyl adjacent to an activating group) is 1. The molecule has 0 N–H and O–H groups in total. The third-order valence-electron chi connectivity index (χ3n) is 2.64. The predicted octanol–water partition coefficient (Wildman–Crippen LogP) is 1.20. The van der Waals surface area contributed by atoms with Crippen molar-refractivity contribution in [2.45, 2.75) is 13.5 Å². The van der Waals surface area contributed by atoms with Crippen molar-refractivity contribution in [1.29, 1.82) is 0 Å². The Bertz CT molecular complexity index is 289. The second-order valence-electron chi connectivity index (χ2n) is 3.93. The summed E-state index contributed by atoms with van der Waals surface area (Å²) in [5.41, 5.74) is 0. The highest BCUT2D eigenvalue weighted by Gasteiger charge is 2.14. The van der Waals surface area contributed by atoms with Gasteiger partial charge in [0.2, 0.25) is 0 Å². The van der Waals surface area contributed by atoms with Crippen LogP contribution in [0.3, 0.4) is 0 Å². The first-order chi connectivity index (χ1) is 6.74. The molecule has 1 saturated heterocycles. The summed E-state index contributed by atoms with van der Waals surface area (Å²) in [5, 5.41) is 1.18. The lowest BCUT2D eigenvalue weighted by Gasteiger charge is -2.31. The minimum Gasteiger partial charge on any atom is -0.304 e. The minimum absolute atomic E-state index is 1.08. The molecule has 2 rings (SSSR count). The quantitative estimate of drug-likeness (QED) is 0.733. The van der Waals surface area contributed by atoms with Gasteiger partial charge in [0.25, 0.3) is 0 Å². The van der Waals surface area contributed by atoms with Crippen LogP contribution in [0.5, 0.6) is 0 Å². The van der Waals surface area contributed by atoms with Gasteiger partial charge in [-0.05, 0) is 14.0 Å². The molecule has 1 aromatic heterocycles. The maximum absolute atomic E-state index is 4.28. The molecule has 1 aliphatic rings. The Labute approximate surface area is 89.4 Å². The van der Waals surface area contributed by atoms with Crippen molar-refractivity contribution in [3.05, 3.63) is 16.1 Å². The number of hydrogen-bond acceptors (Lipinski definition) is 4. The van der Waals surface area contributed by atoms with Crippen molar-refractivity contribution in [3.63, 3.8) is 0 Å². The highest BCUT2D eigenvalue weighted by Crippen LogP contribution is 2.14. The number of rotatable bonds is 2. The van der Waals surface area contributed by atoms with Gasteiger partial charge in [0.1, 0.15) is 0 Å². The van der Waals surface area contributed by atoms with Gasteiger partial charge in [-0.3, -0.25) is 4.90 Å². The first-order valence-corrected chi connectivity index (χ1v) is 5.88. The van der Waals surface area contributed by atoms with Gasteiger partial charge >= 0.3 is 0 Å². The lowest BCUT2D eigenvalue weighted by molar-refractivity contribution is 0.149. The van der Waals surface area contributed by atoms with Gasteiger partial charge in [-0.1, -0.05) is 0 Å². The molecular weight excluding hydrogens is 194 g/mol. The molecule has 1 fully saturated rings. The van der Waals surface area contributed by atoms with Crippen LogP contribution in [0.1, 0.15) is 9.88 Å². The van der Waals surface area contributed by atoms with E-state index in [0.29, 0.717) is 0 Å². The van der Waals surface area contributed by atoms with E-state index in [1.807, 2.05) is 17.5 Å². The molecule has 78 valence electrons. The van der Waals surface area contributed by atoms with E-state index in [1.54, 1.807) is 0 Å². The Hall–Kier alpha value is -0.450. The maximum atomic E-state index is 4.28. The van der Waals surface area contributed by atoms with E-state index >= 15 is 0 Å². The first kappa shape index (κ1) is 10.1. The van der Waals surface area contributed by atoms with Gasteiger partial charge < -0.3 is 4.90 Å². The molecule has 0 aromatic carbocycles. The van der Waals surface area contributed by atoms with E-state index in [2.05, 4.69) is 28.8 Å². The average molecular weight is 211 g/mol. The average Bonchev–Trinajstić information content (AvgIpc) is 2.56. The van der Waals surface area contributed by atoms with Crippen LogP contribution in [0.15, 0.2) is 6.20 Å². The SMILES string of the molecule is Cc1ncc(CN2CCN(C)CC2)s1. The molecule has 0 atom stereocenters. The monoisotopic (exact) mass is 211 g/mol. The molecule has 1 aromatic rings. The zero-order valence-corrected chi connectivity index (χ0v) is 9.68. The Morgan fingerprint density at radius 1 is 1.36 bits per heavy atom. The Morgan fingerprint density at radius 3 is 2.64 bits per heavy atom. The summed E-state index contributed by atoms with van der Waals surface area (Å²) >= 11 is 1.82. The fourth-order valence-electron chi connectivity index (χ4n) is 1.70. The molecule has 14 heavy (non-hydrogen) atoms. The summed E-state index contributed by atoms with van der Waals surface area (Å²) in [6, 6.07) is 0. The second kappa shape index (κ2) is 4.38. The minimum atomic E-state index is 1.08. The van der Waals surface area contributed by atoms with Crippen LogP contribution in [-0.4, -0.2) is 48.0 Å². The molecule has 3 nitrogen and oxygen atoms in total. The molecule has 0 aliphatic carbocycles. The molecule has 2 heterocycles. The second-order valence-corrected chi connectivity index (χ2v) is 5.24. The van der Waals surface area contributed by atoms with Gasteiger partial charge in [-0.25, -0.2) is 4.98 Å². The molecule has 0 radical (unpaired) electrons. The molecule has 4 heteroatoms. The van der Waals surface area contributed by atoms with Gasteiger partial charge in [0.05, 0.1) is 5.01 Å². The van der Waals surface area contributed by atoms with Gasteiger partial charge in [0.15, 0.2) is 0 Å². The van der Waals surface area contributed by atoms with Gasteiger partial charge in [-0.15, -0.1) is 11.3 Å². The van der Waals surface area contributed by atoms with Crippen molar-refractivity contribution < 1.29 is 0 Å². The van der Waals surface area contributed by atoms with Crippen molar-refractivity contribution in [2.24, 2.45) is 0 Å². The Balaban J connectivity index is 1.86. The molecule has 1 aliphatic heterocycles. The van der Waals surface area contributed by atoms with Crippen molar-refractivity contribution >= 4 is 11.3 Å². The number of piperazine rings is 1. The number of aryl methyl sites for hydroxylation is 1. The Morgan fingerprint density at radius 2 is 2.07 bits per heavy atom. The molecular formula is C10H17N3S. The molecule has 0 unspecified atom stereocenters. The molecule has 0 amide bonds. The zero-order chi connectivity index (χ0) is 9.97. The Kier molecular flexibility index (Phi) is 3.15. The fraction of sp³-hybridized carbons (Fsp3) is 0.700. The van der Waals surface area contributed by atoms with Crippen LogP contribution >= 0.6 is 11.3 Å². The predicted molar refractivity (Wildman–Crippen MR) is 59.6 cm³/mol. The first-order valence-electron chi connectivity index (χ1n) is 5.06. The standard InChI is InChI=1S/C10H17N3S/c1-9-11-7-10(14-9)8-13-5-3-12(2)4-6-13/h7H,3-6,8H2,1-2H3. The number of nitrogens with zero attached hydrogens (tertiary/aromatic N) is 3. The molecule has 0 bridgehead atoms. The smallest absolute Gasteiger partial charge is 0.0897 e. The summed E-state index contributed by atoms with van der Waals surface area (Å²) in [5.74, 6) is 0.